The molecular formula is C14H21NO3S. The number of thioether (sulfide) groups is 1. The minimum absolute atomic E-state index is 0.0999. The molecule has 5 heteroatoms. The van der Waals surface area contributed by atoms with E-state index in [0.717, 1.165) is 12.8 Å². The fourth-order valence-electron chi connectivity index (χ4n) is 2.78. The van der Waals surface area contributed by atoms with Crippen LogP contribution in [0.1, 0.15) is 32.1 Å². The molecule has 0 aromatic heterocycles. The van der Waals surface area contributed by atoms with Crippen LogP contribution in [0.3, 0.4) is 0 Å². The number of nitrogens with one attached hydrogen (secondary N) is 1. The van der Waals surface area contributed by atoms with Crippen LogP contribution in [0.2, 0.25) is 0 Å². The molecule has 1 saturated carbocycles. The number of hydrogen-bond donors (Lipinski definition) is 2. The SMILES string of the molecule is CSC1(CNC(=O)C2CC=CCC2C(=O)O)CCC1. The van der Waals surface area contributed by atoms with Crippen molar-refractivity contribution in [1.82, 2.24) is 5.32 Å². The first-order valence-corrected chi connectivity index (χ1v) is 8.01. The lowest BCUT2D eigenvalue weighted by Crippen LogP contribution is -2.48. The van der Waals surface area contributed by atoms with Crippen molar-refractivity contribution < 1.29 is 14.7 Å². The van der Waals surface area contributed by atoms with Crippen LogP contribution >= 0.6 is 11.8 Å². The van der Waals surface area contributed by atoms with E-state index in [1.54, 1.807) is 0 Å². The van der Waals surface area contributed by atoms with Gasteiger partial charge in [0.25, 0.3) is 0 Å². The number of allylic oxidation sites excluding steroid dienone is 2. The molecule has 2 unspecified atom stereocenters. The Kier molecular flexibility index (Phi) is 4.55. The van der Waals surface area contributed by atoms with Crippen molar-refractivity contribution in [2.75, 3.05) is 12.8 Å². The predicted octanol–water partition coefficient (Wildman–Crippen LogP) is 2.06. The molecule has 0 radical (unpaired) electrons. The molecule has 1 fully saturated rings. The number of carbonyl (C=O) groups is 2. The molecule has 106 valence electrons. The summed E-state index contributed by atoms with van der Waals surface area (Å²) in [4.78, 5) is 23.4. The van der Waals surface area contributed by atoms with Crippen LogP contribution in [-0.4, -0.2) is 34.5 Å². The van der Waals surface area contributed by atoms with Crippen LogP contribution in [0.25, 0.3) is 0 Å². The Labute approximate surface area is 118 Å². The topological polar surface area (TPSA) is 66.4 Å². The van der Waals surface area contributed by atoms with E-state index in [1.165, 1.54) is 6.42 Å². The number of amides is 1. The second-order valence-corrected chi connectivity index (χ2v) is 6.73. The first-order chi connectivity index (χ1) is 9.08. The Morgan fingerprint density at radius 1 is 1.32 bits per heavy atom. The van der Waals surface area contributed by atoms with Gasteiger partial charge in [-0.25, -0.2) is 0 Å². The van der Waals surface area contributed by atoms with Crippen molar-refractivity contribution in [2.45, 2.75) is 36.9 Å². The van der Waals surface area contributed by atoms with E-state index in [-0.39, 0.29) is 10.7 Å². The standard InChI is InChI=1S/C14H21NO3S/c1-19-14(7-4-8-14)9-15-12(16)10-5-2-3-6-11(10)13(17)18/h2-3,10-11H,4-9H2,1H3,(H,15,16)(H,17,18). The summed E-state index contributed by atoms with van der Waals surface area (Å²) in [6.07, 6.45) is 10.4. The van der Waals surface area contributed by atoms with Crippen LogP contribution in [-0.2, 0) is 9.59 Å². The summed E-state index contributed by atoms with van der Waals surface area (Å²) in [5.74, 6) is -1.96. The van der Waals surface area contributed by atoms with Crippen molar-refractivity contribution >= 4 is 23.6 Å². The zero-order chi connectivity index (χ0) is 13.9. The van der Waals surface area contributed by atoms with Crippen molar-refractivity contribution in [3.05, 3.63) is 12.2 Å². The second-order valence-electron chi connectivity index (χ2n) is 5.45. The third-order valence-corrected chi connectivity index (χ3v) is 5.79. The molecule has 0 bridgehead atoms. The fourth-order valence-corrected chi connectivity index (χ4v) is 3.69. The van der Waals surface area contributed by atoms with Gasteiger partial charge in [-0.1, -0.05) is 18.6 Å². The van der Waals surface area contributed by atoms with Gasteiger partial charge in [0, 0.05) is 11.3 Å². The van der Waals surface area contributed by atoms with Gasteiger partial charge in [0.15, 0.2) is 0 Å². The summed E-state index contributed by atoms with van der Waals surface area (Å²) < 4.78 is 0.193. The summed E-state index contributed by atoms with van der Waals surface area (Å²) in [7, 11) is 0. The van der Waals surface area contributed by atoms with Gasteiger partial charge < -0.3 is 10.4 Å². The largest absolute Gasteiger partial charge is 0.481 e. The molecule has 2 N–H and O–H groups in total. The highest BCUT2D eigenvalue weighted by atomic mass is 32.2. The Balaban J connectivity index is 1.91. The lowest BCUT2D eigenvalue weighted by Gasteiger charge is -2.41. The second kappa shape index (κ2) is 5.99. The third-order valence-electron chi connectivity index (χ3n) is 4.37. The van der Waals surface area contributed by atoms with Gasteiger partial charge in [-0.2, -0.15) is 11.8 Å². The first kappa shape index (κ1) is 14.4. The summed E-state index contributed by atoms with van der Waals surface area (Å²) >= 11 is 1.81. The van der Waals surface area contributed by atoms with Gasteiger partial charge in [-0.3, -0.25) is 9.59 Å². The van der Waals surface area contributed by atoms with Crippen LogP contribution in [0.4, 0.5) is 0 Å². The number of aliphatic carboxylic acids is 1. The molecular weight excluding hydrogens is 262 g/mol. The zero-order valence-electron chi connectivity index (χ0n) is 11.2. The lowest BCUT2D eigenvalue weighted by atomic mass is 9.81. The van der Waals surface area contributed by atoms with Crippen molar-refractivity contribution in [1.29, 1.82) is 0 Å². The Morgan fingerprint density at radius 3 is 2.42 bits per heavy atom. The maximum Gasteiger partial charge on any atom is 0.307 e. The molecule has 0 heterocycles. The molecule has 2 rings (SSSR count). The molecule has 0 spiro atoms. The average Bonchev–Trinajstić information content (AvgIpc) is 2.37. The Bertz CT molecular complexity index is 385. The summed E-state index contributed by atoms with van der Waals surface area (Å²) in [5, 5.41) is 12.1. The molecule has 0 aromatic rings. The van der Waals surface area contributed by atoms with Crippen LogP contribution in [0.15, 0.2) is 12.2 Å². The van der Waals surface area contributed by atoms with Crippen molar-refractivity contribution in [3.8, 4) is 0 Å². The molecule has 2 aliphatic rings. The van der Waals surface area contributed by atoms with Gasteiger partial charge in [-0.05, 0) is 31.9 Å². The summed E-state index contributed by atoms with van der Waals surface area (Å²) in [5.41, 5.74) is 0. The summed E-state index contributed by atoms with van der Waals surface area (Å²) in [6, 6.07) is 0. The van der Waals surface area contributed by atoms with Crippen LogP contribution in [0, 0.1) is 11.8 Å². The number of hydrogen-bond acceptors (Lipinski definition) is 3. The van der Waals surface area contributed by atoms with E-state index in [2.05, 4.69) is 11.6 Å². The highest BCUT2D eigenvalue weighted by molar-refractivity contribution is 8.00. The van der Waals surface area contributed by atoms with E-state index in [1.807, 2.05) is 23.9 Å². The van der Waals surface area contributed by atoms with E-state index in [4.69, 9.17) is 0 Å². The maximum atomic E-state index is 12.2. The summed E-state index contributed by atoms with van der Waals surface area (Å²) in [6.45, 7) is 0.666. The molecule has 0 aliphatic heterocycles. The fraction of sp³-hybridized carbons (Fsp3) is 0.714. The number of carbonyl (C=O) groups excluding carboxylic acids is 1. The minimum atomic E-state index is -0.868. The molecule has 0 aromatic carbocycles. The van der Waals surface area contributed by atoms with E-state index < -0.39 is 17.8 Å². The van der Waals surface area contributed by atoms with Crippen molar-refractivity contribution in [2.24, 2.45) is 11.8 Å². The van der Waals surface area contributed by atoms with Gasteiger partial charge in [0.2, 0.25) is 5.91 Å². The van der Waals surface area contributed by atoms with Crippen LogP contribution < -0.4 is 5.32 Å². The smallest absolute Gasteiger partial charge is 0.307 e. The first-order valence-electron chi connectivity index (χ1n) is 6.79. The van der Waals surface area contributed by atoms with Crippen molar-refractivity contribution in [3.63, 3.8) is 0 Å². The van der Waals surface area contributed by atoms with Gasteiger partial charge in [0.1, 0.15) is 0 Å². The maximum absolute atomic E-state index is 12.2. The third kappa shape index (κ3) is 3.14. The van der Waals surface area contributed by atoms with Gasteiger partial charge in [-0.15, -0.1) is 0 Å². The minimum Gasteiger partial charge on any atom is -0.481 e. The predicted molar refractivity (Wildman–Crippen MR) is 76.1 cm³/mol. The van der Waals surface area contributed by atoms with Gasteiger partial charge >= 0.3 is 5.97 Å². The monoisotopic (exact) mass is 283 g/mol. The Morgan fingerprint density at radius 2 is 1.95 bits per heavy atom. The lowest BCUT2D eigenvalue weighted by molar-refractivity contribution is -0.147. The highest BCUT2D eigenvalue weighted by Gasteiger charge is 2.38. The number of carboxylic acids is 1. The van der Waals surface area contributed by atoms with E-state index in [9.17, 15) is 14.7 Å². The number of carboxylic acid groups (broad SMARTS) is 1. The molecule has 0 saturated heterocycles. The number of rotatable bonds is 5. The van der Waals surface area contributed by atoms with E-state index >= 15 is 0 Å². The Hall–Kier alpha value is -0.970. The molecule has 2 atom stereocenters. The van der Waals surface area contributed by atoms with E-state index in [0.29, 0.717) is 19.4 Å². The van der Waals surface area contributed by atoms with Gasteiger partial charge in [0.05, 0.1) is 11.8 Å². The highest BCUT2D eigenvalue weighted by Crippen LogP contribution is 2.42. The quantitative estimate of drug-likeness (QED) is 0.758. The average molecular weight is 283 g/mol. The molecule has 2 aliphatic carbocycles. The molecule has 4 nitrogen and oxygen atoms in total. The molecule has 1 amide bonds. The zero-order valence-corrected chi connectivity index (χ0v) is 12.0. The molecule has 19 heavy (non-hydrogen) atoms. The van der Waals surface area contributed by atoms with Crippen LogP contribution in [0.5, 0.6) is 0 Å². The normalized spacial score (nSPS) is 28.5.